The van der Waals surface area contributed by atoms with Gasteiger partial charge < -0.3 is 9.80 Å². The van der Waals surface area contributed by atoms with E-state index in [0.29, 0.717) is 5.54 Å². The third kappa shape index (κ3) is 1.10. The first-order valence-electron chi connectivity index (χ1n) is 5.08. The highest BCUT2D eigenvalue weighted by Gasteiger charge is 2.53. The van der Waals surface area contributed by atoms with Gasteiger partial charge in [0.2, 0.25) is 0 Å². The first-order valence-corrected chi connectivity index (χ1v) is 5.08. The van der Waals surface area contributed by atoms with Crippen LogP contribution in [0.4, 0.5) is 0 Å². The number of likely N-dealkylation sites (tertiary alicyclic amines) is 2. The van der Waals surface area contributed by atoms with Gasteiger partial charge in [0.25, 0.3) is 0 Å². The molecule has 0 bridgehead atoms. The molecule has 0 saturated carbocycles. The van der Waals surface area contributed by atoms with E-state index in [1.54, 1.807) is 0 Å². The van der Waals surface area contributed by atoms with Crippen LogP contribution in [0.2, 0.25) is 0 Å². The molecular weight excluding hydrogens is 172 g/mol. The van der Waals surface area contributed by atoms with Gasteiger partial charge in [-0.25, -0.2) is 0 Å². The molecule has 0 amide bonds. The summed E-state index contributed by atoms with van der Waals surface area (Å²) in [6.45, 7) is 17.1. The fraction of sp³-hybridized carbons (Fsp3) is 0.500. The number of allylic oxidation sites excluding steroid dienone is 2. The molecule has 2 saturated heterocycles. The monoisotopic (exact) mass is 190 g/mol. The highest BCUT2D eigenvalue weighted by atomic mass is 15.4. The third-order valence-corrected chi connectivity index (χ3v) is 3.45. The SMILES string of the molecule is C=CC(=C)N1CC2(CCN2C(=C)C)C1. The van der Waals surface area contributed by atoms with Crippen molar-refractivity contribution >= 4 is 0 Å². The summed E-state index contributed by atoms with van der Waals surface area (Å²) in [5.41, 5.74) is 2.63. The Balaban J connectivity index is 1.96. The van der Waals surface area contributed by atoms with Crippen molar-refractivity contribution in [2.45, 2.75) is 18.9 Å². The highest BCUT2D eigenvalue weighted by molar-refractivity contribution is 5.23. The molecule has 2 heteroatoms. The van der Waals surface area contributed by atoms with Crippen LogP contribution < -0.4 is 0 Å². The second kappa shape index (κ2) is 2.91. The molecule has 2 nitrogen and oxygen atoms in total. The minimum atomic E-state index is 0.387. The number of nitrogens with zero attached hydrogens (tertiary/aromatic N) is 2. The second-order valence-electron chi connectivity index (χ2n) is 4.41. The number of rotatable bonds is 3. The molecule has 0 aromatic heterocycles. The van der Waals surface area contributed by atoms with E-state index in [1.165, 1.54) is 18.7 Å². The molecule has 0 aromatic carbocycles. The molecule has 0 unspecified atom stereocenters. The summed E-state index contributed by atoms with van der Waals surface area (Å²) in [5.74, 6) is 0. The summed E-state index contributed by atoms with van der Waals surface area (Å²) < 4.78 is 0. The zero-order chi connectivity index (χ0) is 10.3. The van der Waals surface area contributed by atoms with Gasteiger partial charge in [-0.15, -0.1) is 0 Å². The van der Waals surface area contributed by atoms with E-state index in [-0.39, 0.29) is 0 Å². The Morgan fingerprint density at radius 1 is 1.36 bits per heavy atom. The van der Waals surface area contributed by atoms with Crippen molar-refractivity contribution < 1.29 is 0 Å². The Kier molecular flexibility index (Phi) is 1.95. The van der Waals surface area contributed by atoms with Crippen LogP contribution in [0.5, 0.6) is 0 Å². The van der Waals surface area contributed by atoms with E-state index < -0.39 is 0 Å². The molecule has 0 atom stereocenters. The maximum Gasteiger partial charge on any atom is 0.0764 e. The molecule has 0 aromatic rings. The van der Waals surface area contributed by atoms with Crippen molar-refractivity contribution in [3.63, 3.8) is 0 Å². The fourth-order valence-corrected chi connectivity index (χ4v) is 2.46. The molecule has 2 rings (SSSR count). The Bertz CT molecular complexity index is 297. The standard InChI is InChI=1S/C12H18N2/c1-5-11(4)13-8-12(9-13)6-7-14(12)10(2)3/h5H,1-2,4,6-9H2,3H3. The van der Waals surface area contributed by atoms with Crippen molar-refractivity contribution in [2.75, 3.05) is 19.6 Å². The van der Waals surface area contributed by atoms with E-state index in [4.69, 9.17) is 0 Å². The molecule has 0 radical (unpaired) electrons. The Morgan fingerprint density at radius 2 is 2.00 bits per heavy atom. The maximum atomic E-state index is 4.01. The average Bonchev–Trinajstić information content (AvgIpc) is 1.98. The first-order chi connectivity index (χ1) is 6.59. The van der Waals surface area contributed by atoms with Gasteiger partial charge >= 0.3 is 0 Å². The van der Waals surface area contributed by atoms with Gasteiger partial charge in [0.05, 0.1) is 5.54 Å². The lowest BCUT2D eigenvalue weighted by atomic mass is 9.77. The summed E-state index contributed by atoms with van der Waals surface area (Å²) >= 11 is 0. The van der Waals surface area contributed by atoms with Gasteiger partial charge in [0, 0.05) is 31.0 Å². The van der Waals surface area contributed by atoms with Crippen LogP contribution in [0.1, 0.15) is 13.3 Å². The van der Waals surface area contributed by atoms with Gasteiger partial charge in [-0.3, -0.25) is 0 Å². The molecule has 14 heavy (non-hydrogen) atoms. The minimum absolute atomic E-state index is 0.387. The van der Waals surface area contributed by atoms with Crippen molar-refractivity contribution in [2.24, 2.45) is 0 Å². The molecule has 2 heterocycles. The molecule has 2 fully saturated rings. The van der Waals surface area contributed by atoms with E-state index in [1.807, 2.05) is 6.08 Å². The molecule has 2 aliphatic rings. The van der Waals surface area contributed by atoms with Gasteiger partial charge in [-0.2, -0.15) is 0 Å². The second-order valence-corrected chi connectivity index (χ2v) is 4.41. The quantitative estimate of drug-likeness (QED) is 0.628. The van der Waals surface area contributed by atoms with Gasteiger partial charge in [-0.05, 0) is 19.4 Å². The third-order valence-electron chi connectivity index (χ3n) is 3.45. The van der Waals surface area contributed by atoms with Gasteiger partial charge in [0.1, 0.15) is 0 Å². The van der Waals surface area contributed by atoms with E-state index in [9.17, 15) is 0 Å². The van der Waals surface area contributed by atoms with Crippen molar-refractivity contribution in [3.8, 4) is 0 Å². The van der Waals surface area contributed by atoms with Crippen molar-refractivity contribution in [3.05, 3.63) is 37.2 Å². The zero-order valence-corrected chi connectivity index (χ0v) is 8.92. The Morgan fingerprint density at radius 3 is 2.36 bits per heavy atom. The molecule has 76 valence electrons. The topological polar surface area (TPSA) is 6.48 Å². The lowest BCUT2D eigenvalue weighted by Gasteiger charge is -2.64. The van der Waals surface area contributed by atoms with Crippen LogP contribution in [0.15, 0.2) is 37.2 Å². The van der Waals surface area contributed by atoms with E-state index >= 15 is 0 Å². The minimum Gasteiger partial charge on any atom is -0.367 e. The van der Waals surface area contributed by atoms with Crippen LogP contribution in [-0.4, -0.2) is 35.0 Å². The number of hydrogen-bond donors (Lipinski definition) is 0. The van der Waals surface area contributed by atoms with Crippen LogP contribution in [0, 0.1) is 0 Å². The summed E-state index contributed by atoms with van der Waals surface area (Å²) in [7, 11) is 0. The normalized spacial score (nSPS) is 22.6. The fourth-order valence-electron chi connectivity index (χ4n) is 2.46. The summed E-state index contributed by atoms with van der Waals surface area (Å²) in [6, 6.07) is 0. The first kappa shape index (κ1) is 9.38. The molecule has 0 aliphatic carbocycles. The van der Waals surface area contributed by atoms with Crippen LogP contribution >= 0.6 is 0 Å². The predicted molar refractivity (Wildman–Crippen MR) is 59.8 cm³/mol. The zero-order valence-electron chi connectivity index (χ0n) is 8.92. The smallest absolute Gasteiger partial charge is 0.0764 e. The van der Waals surface area contributed by atoms with Gasteiger partial charge in [-0.1, -0.05) is 19.7 Å². The van der Waals surface area contributed by atoms with E-state index in [2.05, 4.69) is 36.5 Å². The molecular formula is C12H18N2. The Hall–Kier alpha value is -1.18. The highest BCUT2D eigenvalue weighted by Crippen LogP contribution is 2.42. The Labute approximate surface area is 86.2 Å². The summed E-state index contributed by atoms with van der Waals surface area (Å²) in [4.78, 5) is 4.70. The molecule has 2 aliphatic heterocycles. The number of hydrogen-bond acceptors (Lipinski definition) is 2. The summed E-state index contributed by atoms with van der Waals surface area (Å²) in [6.07, 6.45) is 3.12. The lowest BCUT2D eigenvalue weighted by molar-refractivity contribution is -0.0861. The van der Waals surface area contributed by atoms with Crippen LogP contribution in [-0.2, 0) is 0 Å². The molecule has 1 spiro atoms. The maximum absolute atomic E-state index is 4.01. The van der Waals surface area contributed by atoms with Crippen LogP contribution in [0.3, 0.4) is 0 Å². The lowest BCUT2D eigenvalue weighted by Crippen LogP contribution is -2.75. The average molecular weight is 190 g/mol. The van der Waals surface area contributed by atoms with Crippen LogP contribution in [0.25, 0.3) is 0 Å². The predicted octanol–water partition coefficient (Wildman–Crippen LogP) is 1.98. The largest absolute Gasteiger partial charge is 0.367 e. The van der Waals surface area contributed by atoms with Crippen molar-refractivity contribution in [1.29, 1.82) is 0 Å². The molecule has 0 N–H and O–H groups in total. The van der Waals surface area contributed by atoms with E-state index in [0.717, 1.165) is 18.8 Å². The van der Waals surface area contributed by atoms with Gasteiger partial charge in [0.15, 0.2) is 0 Å². The van der Waals surface area contributed by atoms with Crippen molar-refractivity contribution in [1.82, 2.24) is 9.80 Å². The summed E-state index contributed by atoms with van der Waals surface area (Å²) in [5, 5.41) is 0.